The highest BCUT2D eigenvalue weighted by molar-refractivity contribution is 5.95. The van der Waals surface area contributed by atoms with E-state index in [4.69, 9.17) is 5.11 Å². The molecule has 1 saturated carbocycles. The Morgan fingerprint density at radius 3 is 2.55 bits per heavy atom. The van der Waals surface area contributed by atoms with Gasteiger partial charge in [-0.1, -0.05) is 39.0 Å². The van der Waals surface area contributed by atoms with Crippen LogP contribution in [0.3, 0.4) is 0 Å². The van der Waals surface area contributed by atoms with E-state index in [1.165, 1.54) is 18.3 Å². The maximum Gasteiger partial charge on any atom is 0.335 e. The summed E-state index contributed by atoms with van der Waals surface area (Å²) in [5.41, 5.74) is 2.27. The second-order valence-electron chi connectivity index (χ2n) is 9.09. The molecule has 1 aromatic carbocycles. The zero-order valence-corrected chi connectivity index (χ0v) is 19.3. The number of hydrogen-bond donors (Lipinski definition) is 4. The maximum absolute atomic E-state index is 13.0. The van der Waals surface area contributed by atoms with Crippen LogP contribution in [0, 0.1) is 17.8 Å². The van der Waals surface area contributed by atoms with Crippen LogP contribution in [-0.2, 0) is 22.7 Å². The van der Waals surface area contributed by atoms with Gasteiger partial charge in [0.05, 0.1) is 17.3 Å². The summed E-state index contributed by atoms with van der Waals surface area (Å²) in [6.45, 7) is 6.70. The van der Waals surface area contributed by atoms with Gasteiger partial charge in [-0.05, 0) is 48.4 Å². The van der Waals surface area contributed by atoms with Crippen molar-refractivity contribution in [3.05, 3.63) is 59.4 Å². The minimum absolute atomic E-state index is 0.0247. The van der Waals surface area contributed by atoms with Crippen LogP contribution in [0.15, 0.2) is 42.6 Å². The lowest BCUT2D eigenvalue weighted by Crippen LogP contribution is -2.44. The van der Waals surface area contributed by atoms with Crippen molar-refractivity contribution in [2.45, 2.75) is 52.7 Å². The molecule has 3 unspecified atom stereocenters. The first-order chi connectivity index (χ1) is 15.7. The van der Waals surface area contributed by atoms with E-state index in [2.05, 4.69) is 27.9 Å². The minimum Gasteiger partial charge on any atom is -0.478 e. The average molecular weight is 453 g/mol. The Morgan fingerprint density at radius 1 is 1.15 bits per heavy atom. The fourth-order valence-corrected chi connectivity index (χ4v) is 3.70. The number of carbonyl (C=O) groups is 3. The van der Waals surface area contributed by atoms with Crippen molar-refractivity contribution in [2.75, 3.05) is 5.32 Å². The first kappa shape index (κ1) is 24.4. The monoisotopic (exact) mass is 452 g/mol. The number of nitrogens with one attached hydrogen (secondary N) is 3. The van der Waals surface area contributed by atoms with Crippen molar-refractivity contribution in [1.82, 2.24) is 15.6 Å². The number of aromatic carboxylic acids is 1. The van der Waals surface area contributed by atoms with Gasteiger partial charge < -0.3 is 21.1 Å². The molecule has 1 aromatic heterocycles. The molecule has 3 rings (SSSR count). The second-order valence-corrected chi connectivity index (χ2v) is 9.09. The number of hydrogen-bond acceptors (Lipinski definition) is 5. The molecule has 2 aromatic rings. The highest BCUT2D eigenvalue weighted by Gasteiger charge is 2.39. The molecule has 1 fully saturated rings. The standard InChI is InChI=1S/C25H32N4O4/c1-15(2)10-22(27-14-19-12-17(25(32)33)8-9-26-19)24(31)28-13-18-6-4-5-7-21(18)29-23(30)20-11-16(20)3/h4-9,12,15-16,20,22,27H,10-11,13-14H2,1-3H3,(H,28,31)(H,29,30)(H,32,33). The lowest BCUT2D eigenvalue weighted by molar-refractivity contribution is -0.123. The summed E-state index contributed by atoms with van der Waals surface area (Å²) in [4.78, 5) is 40.7. The number of anilines is 1. The van der Waals surface area contributed by atoms with Crippen LogP contribution in [0.5, 0.6) is 0 Å². The number of para-hydroxylation sites is 1. The van der Waals surface area contributed by atoms with Gasteiger partial charge in [-0.25, -0.2) is 4.79 Å². The molecule has 0 bridgehead atoms. The smallest absolute Gasteiger partial charge is 0.335 e. The summed E-state index contributed by atoms with van der Waals surface area (Å²) in [6, 6.07) is 9.94. The SMILES string of the molecule is CC(C)CC(NCc1cc(C(=O)O)ccn1)C(=O)NCc1ccccc1NC(=O)C1CC1C. The first-order valence-corrected chi connectivity index (χ1v) is 11.3. The predicted octanol–water partition coefficient (Wildman–Crippen LogP) is 3.20. The highest BCUT2D eigenvalue weighted by atomic mass is 16.4. The third kappa shape index (κ3) is 7.12. The number of benzene rings is 1. The Morgan fingerprint density at radius 2 is 1.88 bits per heavy atom. The van der Waals surface area contributed by atoms with Crippen LogP contribution in [0.25, 0.3) is 0 Å². The zero-order valence-electron chi connectivity index (χ0n) is 19.3. The van der Waals surface area contributed by atoms with E-state index in [1.54, 1.807) is 0 Å². The Hall–Kier alpha value is -3.26. The van der Waals surface area contributed by atoms with Gasteiger partial charge in [0.1, 0.15) is 0 Å². The van der Waals surface area contributed by atoms with Crippen molar-refractivity contribution in [3.63, 3.8) is 0 Å². The van der Waals surface area contributed by atoms with Crippen molar-refractivity contribution in [1.29, 1.82) is 0 Å². The quantitative estimate of drug-likeness (QED) is 0.416. The molecule has 3 atom stereocenters. The maximum atomic E-state index is 13.0. The molecule has 176 valence electrons. The molecule has 1 aliphatic carbocycles. The topological polar surface area (TPSA) is 120 Å². The molecule has 1 heterocycles. The fourth-order valence-electron chi connectivity index (χ4n) is 3.70. The van der Waals surface area contributed by atoms with Crippen LogP contribution < -0.4 is 16.0 Å². The van der Waals surface area contributed by atoms with E-state index < -0.39 is 12.0 Å². The molecular formula is C25H32N4O4. The van der Waals surface area contributed by atoms with E-state index in [0.29, 0.717) is 30.3 Å². The summed E-state index contributed by atoms with van der Waals surface area (Å²) >= 11 is 0. The van der Waals surface area contributed by atoms with Crippen molar-refractivity contribution in [3.8, 4) is 0 Å². The number of aromatic nitrogens is 1. The zero-order chi connectivity index (χ0) is 24.0. The fraction of sp³-hybridized carbons (Fsp3) is 0.440. The van der Waals surface area contributed by atoms with Gasteiger partial charge in [0.2, 0.25) is 11.8 Å². The Bertz CT molecular complexity index is 1010. The molecule has 2 amide bonds. The van der Waals surface area contributed by atoms with Gasteiger partial charge in [-0.15, -0.1) is 0 Å². The van der Waals surface area contributed by atoms with Crippen LogP contribution >= 0.6 is 0 Å². The van der Waals surface area contributed by atoms with E-state index in [9.17, 15) is 14.4 Å². The Balaban J connectivity index is 1.61. The van der Waals surface area contributed by atoms with Gasteiger partial charge >= 0.3 is 5.97 Å². The number of carboxylic acids is 1. The summed E-state index contributed by atoms with van der Waals surface area (Å²) in [5, 5.41) is 18.3. The molecule has 8 nitrogen and oxygen atoms in total. The molecule has 0 saturated heterocycles. The third-order valence-corrected chi connectivity index (χ3v) is 5.79. The molecule has 33 heavy (non-hydrogen) atoms. The molecule has 0 aliphatic heterocycles. The minimum atomic E-state index is -1.02. The third-order valence-electron chi connectivity index (χ3n) is 5.79. The van der Waals surface area contributed by atoms with Gasteiger partial charge in [0.15, 0.2) is 0 Å². The summed E-state index contributed by atoms with van der Waals surface area (Å²) in [7, 11) is 0. The average Bonchev–Trinajstić information content (AvgIpc) is 3.52. The first-order valence-electron chi connectivity index (χ1n) is 11.3. The molecule has 0 spiro atoms. The Labute approximate surface area is 194 Å². The number of carboxylic acid groups (broad SMARTS) is 1. The van der Waals surface area contributed by atoms with Crippen LogP contribution in [0.2, 0.25) is 0 Å². The van der Waals surface area contributed by atoms with Crippen molar-refractivity contribution in [2.24, 2.45) is 17.8 Å². The summed E-state index contributed by atoms with van der Waals surface area (Å²) in [6.07, 6.45) is 2.98. The largest absolute Gasteiger partial charge is 0.478 e. The molecule has 1 aliphatic rings. The predicted molar refractivity (Wildman–Crippen MR) is 125 cm³/mol. The molecule has 0 radical (unpaired) electrons. The van der Waals surface area contributed by atoms with Gasteiger partial charge in [0.25, 0.3) is 0 Å². The molecule has 4 N–H and O–H groups in total. The number of nitrogens with zero attached hydrogens (tertiary/aromatic N) is 1. The molecular weight excluding hydrogens is 420 g/mol. The van der Waals surface area contributed by atoms with Crippen LogP contribution in [0.1, 0.15) is 55.2 Å². The number of rotatable bonds is 11. The number of pyridine rings is 1. The van der Waals surface area contributed by atoms with Crippen LogP contribution in [-0.4, -0.2) is 33.9 Å². The summed E-state index contributed by atoms with van der Waals surface area (Å²) in [5.74, 6) is -0.381. The number of amides is 2. The lowest BCUT2D eigenvalue weighted by Gasteiger charge is -2.21. The van der Waals surface area contributed by atoms with E-state index in [1.807, 2.05) is 38.1 Å². The summed E-state index contributed by atoms with van der Waals surface area (Å²) < 4.78 is 0. The van der Waals surface area contributed by atoms with Crippen molar-refractivity contribution >= 4 is 23.5 Å². The number of carbonyl (C=O) groups excluding carboxylic acids is 2. The lowest BCUT2D eigenvalue weighted by atomic mass is 10.0. The van der Waals surface area contributed by atoms with Crippen molar-refractivity contribution < 1.29 is 19.5 Å². The Kier molecular flexibility index (Phi) is 8.16. The van der Waals surface area contributed by atoms with Crippen LogP contribution in [0.4, 0.5) is 5.69 Å². The van der Waals surface area contributed by atoms with E-state index in [-0.39, 0.29) is 35.8 Å². The van der Waals surface area contributed by atoms with Gasteiger partial charge in [-0.3, -0.25) is 14.6 Å². The molecule has 8 heteroatoms. The normalized spacial score (nSPS) is 17.9. The van der Waals surface area contributed by atoms with E-state index >= 15 is 0 Å². The van der Waals surface area contributed by atoms with Gasteiger partial charge in [0, 0.05) is 30.9 Å². The second kappa shape index (κ2) is 11.0. The van der Waals surface area contributed by atoms with Gasteiger partial charge in [-0.2, -0.15) is 0 Å². The highest BCUT2D eigenvalue weighted by Crippen LogP contribution is 2.38. The van der Waals surface area contributed by atoms with E-state index in [0.717, 1.165) is 12.0 Å².